The molecule has 0 fully saturated rings. The third-order valence-corrected chi connectivity index (χ3v) is 3.27. The third-order valence-electron chi connectivity index (χ3n) is 3.27. The maximum absolute atomic E-state index is 11.3. The SMILES string of the molecule is CO[NH2+]c1cc(C(=O)O)ccc1Cc1ccccc1C(=O)O. The van der Waals surface area contributed by atoms with Crippen molar-refractivity contribution in [3.63, 3.8) is 0 Å². The number of carboxylic acid groups (broad SMARTS) is 2. The molecule has 0 aromatic heterocycles. The predicted octanol–water partition coefficient (Wildman–Crippen LogP) is 1.43. The first-order chi connectivity index (χ1) is 10.5. The largest absolute Gasteiger partial charge is 0.478 e. The molecule has 0 radical (unpaired) electrons. The van der Waals surface area contributed by atoms with Crippen molar-refractivity contribution in [1.82, 2.24) is 0 Å². The summed E-state index contributed by atoms with van der Waals surface area (Å²) in [5.74, 6) is -2.02. The molecule has 0 aliphatic rings. The van der Waals surface area contributed by atoms with Crippen LogP contribution in [0.2, 0.25) is 0 Å². The molecule has 0 heterocycles. The van der Waals surface area contributed by atoms with E-state index >= 15 is 0 Å². The van der Waals surface area contributed by atoms with Gasteiger partial charge in [0.1, 0.15) is 0 Å². The van der Waals surface area contributed by atoms with E-state index in [1.54, 1.807) is 30.3 Å². The zero-order chi connectivity index (χ0) is 16.1. The number of carbonyl (C=O) groups is 2. The molecule has 6 heteroatoms. The highest BCUT2D eigenvalue weighted by Crippen LogP contribution is 2.20. The highest BCUT2D eigenvalue weighted by Gasteiger charge is 2.15. The van der Waals surface area contributed by atoms with Gasteiger partial charge in [0.05, 0.1) is 18.2 Å². The van der Waals surface area contributed by atoms with Crippen LogP contribution in [0.15, 0.2) is 42.5 Å². The number of hydrogen-bond acceptors (Lipinski definition) is 3. The van der Waals surface area contributed by atoms with Crippen molar-refractivity contribution in [2.75, 3.05) is 7.11 Å². The molecular weight excluding hydrogens is 286 g/mol. The van der Waals surface area contributed by atoms with Crippen LogP contribution >= 0.6 is 0 Å². The van der Waals surface area contributed by atoms with E-state index in [2.05, 4.69) is 0 Å². The van der Waals surface area contributed by atoms with Gasteiger partial charge in [0.15, 0.2) is 5.69 Å². The fourth-order valence-electron chi connectivity index (χ4n) is 2.21. The quantitative estimate of drug-likeness (QED) is 0.553. The monoisotopic (exact) mass is 302 g/mol. The first kappa shape index (κ1) is 15.7. The van der Waals surface area contributed by atoms with Gasteiger partial charge in [-0.25, -0.2) is 14.4 Å². The summed E-state index contributed by atoms with van der Waals surface area (Å²) in [7, 11) is 1.47. The van der Waals surface area contributed by atoms with E-state index in [-0.39, 0.29) is 11.1 Å². The molecular formula is C16H16NO5+. The van der Waals surface area contributed by atoms with Crippen LogP contribution in [0, 0.1) is 0 Å². The van der Waals surface area contributed by atoms with Gasteiger partial charge in [-0.05, 0) is 17.7 Å². The Morgan fingerprint density at radius 1 is 1.05 bits per heavy atom. The lowest BCUT2D eigenvalue weighted by molar-refractivity contribution is -0.830. The Labute approximate surface area is 126 Å². The zero-order valence-electron chi connectivity index (χ0n) is 11.9. The van der Waals surface area contributed by atoms with Gasteiger partial charge < -0.3 is 10.2 Å². The molecule has 0 amide bonds. The molecule has 0 saturated heterocycles. The highest BCUT2D eigenvalue weighted by atomic mass is 16.6. The van der Waals surface area contributed by atoms with Gasteiger partial charge >= 0.3 is 11.9 Å². The first-order valence-corrected chi connectivity index (χ1v) is 6.56. The molecule has 0 spiro atoms. The smallest absolute Gasteiger partial charge is 0.335 e. The molecule has 0 unspecified atom stereocenters. The van der Waals surface area contributed by atoms with E-state index in [1.807, 2.05) is 0 Å². The average molecular weight is 302 g/mol. The van der Waals surface area contributed by atoms with Crippen molar-refractivity contribution in [1.29, 1.82) is 0 Å². The fraction of sp³-hybridized carbons (Fsp3) is 0.125. The van der Waals surface area contributed by atoms with Crippen LogP contribution in [0.4, 0.5) is 5.69 Å². The van der Waals surface area contributed by atoms with E-state index in [4.69, 9.17) is 9.94 Å². The van der Waals surface area contributed by atoms with E-state index in [9.17, 15) is 14.7 Å². The van der Waals surface area contributed by atoms with Gasteiger partial charge in [0, 0.05) is 18.1 Å². The van der Waals surface area contributed by atoms with Crippen LogP contribution in [0.5, 0.6) is 0 Å². The van der Waals surface area contributed by atoms with Crippen molar-refractivity contribution < 1.29 is 30.1 Å². The van der Waals surface area contributed by atoms with Crippen molar-refractivity contribution >= 4 is 17.6 Å². The van der Waals surface area contributed by atoms with Crippen LogP contribution in [0.25, 0.3) is 0 Å². The van der Waals surface area contributed by atoms with Gasteiger partial charge in [-0.1, -0.05) is 24.3 Å². The number of quaternary nitrogens is 1. The minimum Gasteiger partial charge on any atom is -0.478 e. The summed E-state index contributed by atoms with van der Waals surface area (Å²) >= 11 is 0. The number of hydrogen-bond donors (Lipinski definition) is 3. The molecule has 0 bridgehead atoms. The molecule has 114 valence electrons. The van der Waals surface area contributed by atoms with Crippen molar-refractivity contribution in [3.05, 3.63) is 64.7 Å². The standard InChI is InChI=1S/C16H15NO5/c1-22-17-14-9-12(15(18)19)7-6-11(14)8-10-4-2-3-5-13(10)16(20)21/h2-7,9,17H,8H2,1H3,(H,18,19)(H,20,21)/p+1. The number of rotatable bonds is 6. The maximum atomic E-state index is 11.3. The van der Waals surface area contributed by atoms with Gasteiger partial charge in [-0.2, -0.15) is 5.48 Å². The Morgan fingerprint density at radius 2 is 1.77 bits per heavy atom. The Morgan fingerprint density at radius 3 is 2.41 bits per heavy atom. The molecule has 0 aliphatic heterocycles. The van der Waals surface area contributed by atoms with E-state index in [1.165, 1.54) is 24.7 Å². The van der Waals surface area contributed by atoms with E-state index < -0.39 is 11.9 Å². The molecule has 4 N–H and O–H groups in total. The lowest BCUT2D eigenvalue weighted by Gasteiger charge is -2.09. The fourth-order valence-corrected chi connectivity index (χ4v) is 2.21. The second kappa shape index (κ2) is 6.84. The summed E-state index contributed by atoms with van der Waals surface area (Å²) in [6, 6.07) is 11.4. The van der Waals surface area contributed by atoms with Crippen LogP contribution in [0.1, 0.15) is 31.8 Å². The normalized spacial score (nSPS) is 10.4. The average Bonchev–Trinajstić information content (AvgIpc) is 2.49. The summed E-state index contributed by atoms with van der Waals surface area (Å²) in [6.07, 6.45) is 0.373. The summed E-state index contributed by atoms with van der Waals surface area (Å²) in [5, 5.41) is 18.3. The number of carboxylic acids is 2. The van der Waals surface area contributed by atoms with Crippen molar-refractivity contribution in [3.8, 4) is 0 Å². The van der Waals surface area contributed by atoms with Gasteiger partial charge in [-0.15, -0.1) is 0 Å². The highest BCUT2D eigenvalue weighted by molar-refractivity contribution is 5.90. The topological polar surface area (TPSA) is 100 Å². The van der Waals surface area contributed by atoms with E-state index in [0.717, 1.165) is 5.56 Å². The number of aromatic carboxylic acids is 2. The molecule has 0 atom stereocenters. The lowest BCUT2D eigenvalue weighted by Crippen LogP contribution is -2.76. The predicted molar refractivity (Wildman–Crippen MR) is 78.2 cm³/mol. The molecule has 0 saturated carbocycles. The Kier molecular flexibility index (Phi) is 4.88. The van der Waals surface area contributed by atoms with Crippen molar-refractivity contribution in [2.24, 2.45) is 0 Å². The van der Waals surface area contributed by atoms with Gasteiger partial charge in [0.2, 0.25) is 0 Å². The second-order valence-corrected chi connectivity index (χ2v) is 4.71. The lowest BCUT2D eigenvalue weighted by atomic mass is 9.97. The molecule has 2 aromatic carbocycles. The first-order valence-electron chi connectivity index (χ1n) is 6.56. The molecule has 0 aliphatic carbocycles. The Balaban J connectivity index is 2.41. The molecule has 2 aromatic rings. The minimum atomic E-state index is -1.02. The summed E-state index contributed by atoms with van der Waals surface area (Å²) in [5.41, 5.74) is 3.89. The molecule has 2 rings (SSSR count). The Bertz CT molecular complexity index is 711. The van der Waals surface area contributed by atoms with E-state index in [0.29, 0.717) is 17.7 Å². The zero-order valence-corrected chi connectivity index (χ0v) is 11.9. The van der Waals surface area contributed by atoms with Crippen LogP contribution in [-0.2, 0) is 11.3 Å². The van der Waals surface area contributed by atoms with Crippen LogP contribution < -0.4 is 5.48 Å². The molecule has 6 nitrogen and oxygen atoms in total. The van der Waals surface area contributed by atoms with Gasteiger partial charge in [0.25, 0.3) is 0 Å². The minimum absolute atomic E-state index is 0.151. The van der Waals surface area contributed by atoms with Crippen molar-refractivity contribution in [2.45, 2.75) is 6.42 Å². The van der Waals surface area contributed by atoms with Crippen LogP contribution in [0.3, 0.4) is 0 Å². The summed E-state index contributed by atoms with van der Waals surface area (Å²) < 4.78 is 0. The Hall–Kier alpha value is -2.70. The molecule has 22 heavy (non-hydrogen) atoms. The van der Waals surface area contributed by atoms with Gasteiger partial charge in [-0.3, -0.25) is 0 Å². The number of nitrogens with two attached hydrogens (primary N) is 1. The van der Waals surface area contributed by atoms with Crippen LogP contribution in [-0.4, -0.2) is 29.3 Å². The maximum Gasteiger partial charge on any atom is 0.335 e. The number of benzene rings is 2. The summed E-state index contributed by atoms with van der Waals surface area (Å²) in [4.78, 5) is 27.3. The second-order valence-electron chi connectivity index (χ2n) is 4.71. The summed E-state index contributed by atoms with van der Waals surface area (Å²) in [6.45, 7) is 0. The third kappa shape index (κ3) is 3.49.